The van der Waals surface area contributed by atoms with Crippen molar-refractivity contribution < 1.29 is 0 Å². The van der Waals surface area contributed by atoms with Crippen LogP contribution in [-0.4, -0.2) is 13.6 Å². The van der Waals surface area contributed by atoms with Gasteiger partial charge in [0.25, 0.3) is 0 Å². The van der Waals surface area contributed by atoms with E-state index in [0.29, 0.717) is 12.0 Å². The van der Waals surface area contributed by atoms with Gasteiger partial charge in [0.15, 0.2) is 0 Å². The molecule has 78 valence electrons. The summed E-state index contributed by atoms with van der Waals surface area (Å²) in [6.07, 6.45) is 1.06. The number of nitrogens with two attached hydrogens (primary N) is 1. The number of benzene rings is 1. The molecule has 1 rings (SSSR count). The zero-order chi connectivity index (χ0) is 10.4. The minimum absolute atomic E-state index is 0.416. The van der Waals surface area contributed by atoms with E-state index in [1.54, 1.807) is 0 Å². The lowest BCUT2D eigenvalue weighted by atomic mass is 9.92. The topological polar surface area (TPSA) is 38.0 Å². The average Bonchev–Trinajstić information content (AvgIpc) is 2.21. The van der Waals surface area contributed by atoms with Gasteiger partial charge in [0, 0.05) is 6.04 Å². The molecule has 3 N–H and O–H groups in total. The molecule has 0 radical (unpaired) electrons. The van der Waals surface area contributed by atoms with Crippen LogP contribution in [0.3, 0.4) is 0 Å². The van der Waals surface area contributed by atoms with Crippen molar-refractivity contribution in [2.45, 2.75) is 19.4 Å². The summed E-state index contributed by atoms with van der Waals surface area (Å²) < 4.78 is 0. The van der Waals surface area contributed by atoms with E-state index in [9.17, 15) is 0 Å². The van der Waals surface area contributed by atoms with Crippen LogP contribution in [0.5, 0.6) is 0 Å². The van der Waals surface area contributed by atoms with Crippen molar-refractivity contribution in [3.8, 4) is 0 Å². The van der Waals surface area contributed by atoms with E-state index >= 15 is 0 Å². The third kappa shape index (κ3) is 2.82. The Bertz CT molecular complexity index is 246. The predicted molar refractivity (Wildman–Crippen MR) is 61.1 cm³/mol. The standard InChI is InChI=1S/C12H20N2/c1-10(8-9-13)12(14-2)11-6-4-3-5-7-11/h3-7,10,12,14H,8-9,13H2,1-2H3. The molecular weight excluding hydrogens is 172 g/mol. The molecule has 0 aliphatic rings. The first-order chi connectivity index (χ1) is 6.79. The summed E-state index contributed by atoms with van der Waals surface area (Å²) in [5.74, 6) is 0.576. The Hall–Kier alpha value is -0.860. The Morgan fingerprint density at radius 1 is 1.29 bits per heavy atom. The van der Waals surface area contributed by atoms with Gasteiger partial charge in [0.05, 0.1) is 0 Å². The van der Waals surface area contributed by atoms with Gasteiger partial charge in [-0.3, -0.25) is 0 Å². The van der Waals surface area contributed by atoms with Gasteiger partial charge in [-0.15, -0.1) is 0 Å². The molecule has 0 spiro atoms. The minimum Gasteiger partial charge on any atom is -0.330 e. The van der Waals surface area contributed by atoms with E-state index in [1.165, 1.54) is 5.56 Å². The maximum atomic E-state index is 5.57. The van der Waals surface area contributed by atoms with E-state index in [2.05, 4.69) is 36.5 Å². The Kier molecular flexibility index (Phi) is 4.63. The number of hydrogen-bond acceptors (Lipinski definition) is 2. The number of hydrogen-bond donors (Lipinski definition) is 2. The molecule has 1 aromatic carbocycles. The van der Waals surface area contributed by atoms with Gasteiger partial charge in [-0.05, 0) is 31.5 Å². The third-order valence-electron chi connectivity index (χ3n) is 2.66. The second-order valence-corrected chi connectivity index (χ2v) is 3.73. The van der Waals surface area contributed by atoms with Gasteiger partial charge in [0.2, 0.25) is 0 Å². The summed E-state index contributed by atoms with van der Waals surface area (Å²) in [7, 11) is 2.00. The smallest absolute Gasteiger partial charge is 0.0343 e. The molecule has 14 heavy (non-hydrogen) atoms. The lowest BCUT2D eigenvalue weighted by molar-refractivity contribution is 0.392. The third-order valence-corrected chi connectivity index (χ3v) is 2.66. The molecule has 0 heterocycles. The molecule has 0 aliphatic carbocycles. The van der Waals surface area contributed by atoms with Crippen LogP contribution in [0, 0.1) is 5.92 Å². The fourth-order valence-electron chi connectivity index (χ4n) is 1.87. The molecule has 0 saturated heterocycles. The van der Waals surface area contributed by atoms with E-state index in [4.69, 9.17) is 5.73 Å². The van der Waals surface area contributed by atoms with Gasteiger partial charge in [-0.25, -0.2) is 0 Å². The highest BCUT2D eigenvalue weighted by Gasteiger charge is 2.15. The maximum absolute atomic E-state index is 5.57. The lowest BCUT2D eigenvalue weighted by Crippen LogP contribution is -2.25. The molecule has 2 nitrogen and oxygen atoms in total. The molecule has 2 heteroatoms. The predicted octanol–water partition coefficient (Wildman–Crippen LogP) is 1.93. The summed E-state index contributed by atoms with van der Waals surface area (Å²) in [5, 5.41) is 3.35. The van der Waals surface area contributed by atoms with Crippen LogP contribution in [0.2, 0.25) is 0 Å². The maximum Gasteiger partial charge on any atom is 0.0343 e. The summed E-state index contributed by atoms with van der Waals surface area (Å²) in [5.41, 5.74) is 6.92. The Morgan fingerprint density at radius 2 is 1.93 bits per heavy atom. The molecule has 2 atom stereocenters. The fourth-order valence-corrected chi connectivity index (χ4v) is 1.87. The van der Waals surface area contributed by atoms with Gasteiger partial charge < -0.3 is 11.1 Å². The van der Waals surface area contributed by atoms with Crippen molar-refractivity contribution in [1.29, 1.82) is 0 Å². The molecule has 0 amide bonds. The zero-order valence-corrected chi connectivity index (χ0v) is 9.03. The van der Waals surface area contributed by atoms with Crippen LogP contribution < -0.4 is 11.1 Å². The van der Waals surface area contributed by atoms with Crippen LogP contribution in [0.25, 0.3) is 0 Å². The zero-order valence-electron chi connectivity index (χ0n) is 9.03. The Balaban J connectivity index is 2.71. The highest BCUT2D eigenvalue weighted by Crippen LogP contribution is 2.23. The molecular formula is C12H20N2. The van der Waals surface area contributed by atoms with Crippen molar-refractivity contribution >= 4 is 0 Å². The van der Waals surface area contributed by atoms with Gasteiger partial charge >= 0.3 is 0 Å². The van der Waals surface area contributed by atoms with Crippen LogP contribution in [0.15, 0.2) is 30.3 Å². The Morgan fingerprint density at radius 3 is 2.43 bits per heavy atom. The first kappa shape index (κ1) is 11.2. The average molecular weight is 192 g/mol. The summed E-state index contributed by atoms with van der Waals surface area (Å²) in [4.78, 5) is 0. The molecule has 2 unspecified atom stereocenters. The van der Waals surface area contributed by atoms with Crippen molar-refractivity contribution in [2.75, 3.05) is 13.6 Å². The van der Waals surface area contributed by atoms with Gasteiger partial charge in [-0.2, -0.15) is 0 Å². The monoisotopic (exact) mass is 192 g/mol. The van der Waals surface area contributed by atoms with Crippen LogP contribution in [0.1, 0.15) is 24.9 Å². The van der Waals surface area contributed by atoms with Crippen molar-refractivity contribution in [3.05, 3.63) is 35.9 Å². The fraction of sp³-hybridized carbons (Fsp3) is 0.500. The Labute approximate surface area is 86.5 Å². The lowest BCUT2D eigenvalue weighted by Gasteiger charge is -2.23. The first-order valence-electron chi connectivity index (χ1n) is 5.22. The van der Waals surface area contributed by atoms with Crippen LogP contribution in [-0.2, 0) is 0 Å². The SMILES string of the molecule is CNC(c1ccccc1)C(C)CCN. The molecule has 0 bridgehead atoms. The number of rotatable bonds is 5. The number of nitrogens with one attached hydrogen (secondary N) is 1. The van der Waals surface area contributed by atoms with E-state index < -0.39 is 0 Å². The normalized spacial score (nSPS) is 15.1. The molecule has 0 saturated carbocycles. The minimum atomic E-state index is 0.416. The molecule has 0 aliphatic heterocycles. The van der Waals surface area contributed by atoms with Crippen molar-refractivity contribution in [2.24, 2.45) is 11.7 Å². The molecule has 0 fully saturated rings. The second kappa shape index (κ2) is 5.78. The quantitative estimate of drug-likeness (QED) is 0.748. The first-order valence-corrected chi connectivity index (χ1v) is 5.22. The van der Waals surface area contributed by atoms with Crippen molar-refractivity contribution in [1.82, 2.24) is 5.32 Å². The largest absolute Gasteiger partial charge is 0.330 e. The molecule has 1 aromatic rings. The molecule has 0 aromatic heterocycles. The van der Waals surface area contributed by atoms with Crippen LogP contribution >= 0.6 is 0 Å². The van der Waals surface area contributed by atoms with E-state index in [0.717, 1.165) is 13.0 Å². The van der Waals surface area contributed by atoms with Crippen LogP contribution in [0.4, 0.5) is 0 Å². The summed E-state index contributed by atoms with van der Waals surface area (Å²) >= 11 is 0. The van der Waals surface area contributed by atoms with E-state index in [1.807, 2.05) is 13.1 Å². The summed E-state index contributed by atoms with van der Waals surface area (Å²) in [6, 6.07) is 10.9. The summed E-state index contributed by atoms with van der Waals surface area (Å²) in [6.45, 7) is 2.99. The van der Waals surface area contributed by atoms with Gasteiger partial charge in [-0.1, -0.05) is 37.3 Å². The van der Waals surface area contributed by atoms with Crippen molar-refractivity contribution in [3.63, 3.8) is 0 Å². The highest BCUT2D eigenvalue weighted by molar-refractivity contribution is 5.19. The highest BCUT2D eigenvalue weighted by atomic mass is 14.9. The van der Waals surface area contributed by atoms with Gasteiger partial charge in [0.1, 0.15) is 0 Å². The van der Waals surface area contributed by atoms with E-state index in [-0.39, 0.29) is 0 Å². The second-order valence-electron chi connectivity index (χ2n) is 3.73.